The maximum atomic E-state index is 5.88. The van der Waals surface area contributed by atoms with Gasteiger partial charge in [0.25, 0.3) is 0 Å². The number of hydrogen-bond donors (Lipinski definition) is 1. The maximum Gasteiger partial charge on any atom is 0.120 e. The third kappa shape index (κ3) is 3.34. The number of morpholine rings is 1. The molecule has 2 atom stereocenters. The van der Waals surface area contributed by atoms with Gasteiger partial charge in [0.1, 0.15) is 11.5 Å². The summed E-state index contributed by atoms with van der Waals surface area (Å²) in [5.41, 5.74) is 1.23. The Hall–Kier alpha value is -0.840. The van der Waals surface area contributed by atoms with Crippen molar-refractivity contribution in [3.8, 4) is 0 Å². The number of ether oxygens (including phenoxy) is 1. The van der Waals surface area contributed by atoms with Crippen LogP contribution in [-0.4, -0.2) is 37.2 Å². The second-order valence-electron chi connectivity index (χ2n) is 5.30. The van der Waals surface area contributed by atoms with Crippen molar-refractivity contribution in [2.75, 3.05) is 20.1 Å². The SMILES string of the molecule is CNCc1oc(CN2C[C@@H](C)O[C@@H](C)C2)cc1C. The molecule has 1 aliphatic heterocycles. The van der Waals surface area contributed by atoms with Gasteiger partial charge in [0.15, 0.2) is 0 Å². The Kier molecular flexibility index (Phi) is 4.43. The van der Waals surface area contributed by atoms with Crippen LogP contribution in [-0.2, 0) is 17.8 Å². The van der Waals surface area contributed by atoms with Crippen molar-refractivity contribution in [2.45, 2.75) is 46.1 Å². The van der Waals surface area contributed by atoms with Crippen molar-refractivity contribution in [1.29, 1.82) is 0 Å². The summed E-state index contributed by atoms with van der Waals surface area (Å²) >= 11 is 0. The zero-order valence-electron chi connectivity index (χ0n) is 11.8. The molecule has 4 nitrogen and oxygen atoms in total. The van der Waals surface area contributed by atoms with E-state index in [1.54, 1.807) is 0 Å². The molecule has 0 spiro atoms. The van der Waals surface area contributed by atoms with Gasteiger partial charge < -0.3 is 14.5 Å². The Morgan fingerprint density at radius 1 is 1.33 bits per heavy atom. The minimum atomic E-state index is 0.307. The standard InChI is InChI=1S/C14H24N2O2/c1-10-5-13(18-14(10)6-15-4)9-16-7-11(2)17-12(3)8-16/h5,11-12,15H,6-9H2,1-4H3/t11-,12+. The average Bonchev–Trinajstić information content (AvgIpc) is 2.58. The van der Waals surface area contributed by atoms with Crippen molar-refractivity contribution < 1.29 is 9.15 Å². The van der Waals surface area contributed by atoms with E-state index in [1.807, 2.05) is 7.05 Å². The summed E-state index contributed by atoms with van der Waals surface area (Å²) in [6.45, 7) is 9.98. The molecule has 1 N–H and O–H groups in total. The van der Waals surface area contributed by atoms with Crippen LogP contribution >= 0.6 is 0 Å². The highest BCUT2D eigenvalue weighted by Crippen LogP contribution is 2.19. The molecule has 1 aromatic rings. The molecule has 1 aliphatic rings. The van der Waals surface area contributed by atoms with Crippen molar-refractivity contribution in [3.05, 3.63) is 23.2 Å². The fourth-order valence-electron chi connectivity index (χ4n) is 2.64. The molecular formula is C14H24N2O2. The van der Waals surface area contributed by atoms with Gasteiger partial charge in [0.05, 0.1) is 25.3 Å². The molecular weight excluding hydrogens is 228 g/mol. The summed E-state index contributed by atoms with van der Waals surface area (Å²) in [4.78, 5) is 2.40. The molecule has 4 heteroatoms. The predicted molar refractivity (Wildman–Crippen MR) is 71.5 cm³/mol. The Bertz CT molecular complexity index is 379. The molecule has 0 radical (unpaired) electrons. The first kappa shape index (κ1) is 13.6. The first-order valence-corrected chi connectivity index (χ1v) is 6.69. The Labute approximate surface area is 109 Å². The number of aryl methyl sites for hydroxylation is 1. The second kappa shape index (κ2) is 5.87. The van der Waals surface area contributed by atoms with Gasteiger partial charge in [-0.15, -0.1) is 0 Å². The van der Waals surface area contributed by atoms with Crippen LogP contribution in [0.15, 0.2) is 10.5 Å². The minimum absolute atomic E-state index is 0.307. The normalized spacial score (nSPS) is 25.6. The van der Waals surface area contributed by atoms with Gasteiger partial charge in [-0.25, -0.2) is 0 Å². The van der Waals surface area contributed by atoms with E-state index in [0.717, 1.165) is 37.7 Å². The summed E-state index contributed by atoms with van der Waals surface area (Å²) in [5.74, 6) is 2.10. The third-order valence-corrected chi connectivity index (χ3v) is 3.28. The predicted octanol–water partition coefficient (Wildman–Crippen LogP) is 1.92. The molecule has 2 heterocycles. The van der Waals surface area contributed by atoms with Gasteiger partial charge in [-0.2, -0.15) is 0 Å². The largest absolute Gasteiger partial charge is 0.463 e. The highest BCUT2D eigenvalue weighted by Gasteiger charge is 2.23. The van der Waals surface area contributed by atoms with Gasteiger partial charge in [0, 0.05) is 13.1 Å². The molecule has 1 aromatic heterocycles. The van der Waals surface area contributed by atoms with Crippen LogP contribution in [0.4, 0.5) is 0 Å². The van der Waals surface area contributed by atoms with Crippen molar-refractivity contribution in [2.24, 2.45) is 0 Å². The lowest BCUT2D eigenvalue weighted by Crippen LogP contribution is -2.44. The zero-order valence-corrected chi connectivity index (χ0v) is 11.8. The summed E-state index contributed by atoms with van der Waals surface area (Å²) in [7, 11) is 1.94. The quantitative estimate of drug-likeness (QED) is 0.888. The van der Waals surface area contributed by atoms with Crippen LogP contribution in [0, 0.1) is 6.92 Å². The highest BCUT2D eigenvalue weighted by molar-refractivity contribution is 5.20. The van der Waals surface area contributed by atoms with Gasteiger partial charge in [-0.1, -0.05) is 0 Å². The number of furan rings is 1. The summed E-state index contributed by atoms with van der Waals surface area (Å²) in [5, 5.41) is 3.13. The molecule has 0 bridgehead atoms. The fraction of sp³-hybridized carbons (Fsp3) is 0.714. The van der Waals surface area contributed by atoms with Crippen molar-refractivity contribution in [3.63, 3.8) is 0 Å². The van der Waals surface area contributed by atoms with Crippen molar-refractivity contribution >= 4 is 0 Å². The number of rotatable bonds is 4. The van der Waals surface area contributed by atoms with E-state index in [2.05, 4.69) is 37.1 Å². The molecule has 1 saturated heterocycles. The Balaban J connectivity index is 1.98. The lowest BCUT2D eigenvalue weighted by atomic mass is 10.2. The van der Waals surface area contributed by atoms with E-state index >= 15 is 0 Å². The molecule has 0 aliphatic carbocycles. The Morgan fingerprint density at radius 3 is 2.61 bits per heavy atom. The first-order valence-electron chi connectivity index (χ1n) is 6.69. The lowest BCUT2D eigenvalue weighted by Gasteiger charge is -2.34. The number of nitrogens with zero attached hydrogens (tertiary/aromatic N) is 1. The molecule has 0 saturated carbocycles. The number of hydrogen-bond acceptors (Lipinski definition) is 4. The summed E-state index contributed by atoms with van der Waals surface area (Å²) in [6, 6.07) is 2.15. The molecule has 0 aromatic carbocycles. The molecule has 0 amide bonds. The van der Waals surface area contributed by atoms with Gasteiger partial charge in [0.2, 0.25) is 0 Å². The van der Waals surface area contributed by atoms with Crippen LogP contribution in [0.5, 0.6) is 0 Å². The average molecular weight is 252 g/mol. The van der Waals surface area contributed by atoms with E-state index in [0.29, 0.717) is 12.2 Å². The van der Waals surface area contributed by atoms with E-state index in [4.69, 9.17) is 9.15 Å². The van der Waals surface area contributed by atoms with Crippen LogP contribution in [0.1, 0.15) is 30.9 Å². The molecule has 0 unspecified atom stereocenters. The number of nitrogens with one attached hydrogen (secondary N) is 1. The maximum absolute atomic E-state index is 5.88. The Morgan fingerprint density at radius 2 is 2.00 bits per heavy atom. The van der Waals surface area contributed by atoms with E-state index in [1.165, 1.54) is 5.56 Å². The van der Waals surface area contributed by atoms with Gasteiger partial charge >= 0.3 is 0 Å². The van der Waals surface area contributed by atoms with Crippen LogP contribution < -0.4 is 5.32 Å². The van der Waals surface area contributed by atoms with Crippen molar-refractivity contribution in [1.82, 2.24) is 10.2 Å². The van der Waals surface area contributed by atoms with Gasteiger partial charge in [-0.05, 0) is 39.4 Å². The molecule has 18 heavy (non-hydrogen) atoms. The molecule has 2 rings (SSSR count). The van der Waals surface area contributed by atoms with E-state index < -0.39 is 0 Å². The smallest absolute Gasteiger partial charge is 0.120 e. The van der Waals surface area contributed by atoms with E-state index in [-0.39, 0.29) is 0 Å². The monoisotopic (exact) mass is 252 g/mol. The third-order valence-electron chi connectivity index (χ3n) is 3.28. The molecule has 1 fully saturated rings. The topological polar surface area (TPSA) is 37.6 Å². The van der Waals surface area contributed by atoms with E-state index in [9.17, 15) is 0 Å². The second-order valence-corrected chi connectivity index (χ2v) is 5.30. The van der Waals surface area contributed by atoms with Gasteiger partial charge in [-0.3, -0.25) is 4.90 Å². The fourth-order valence-corrected chi connectivity index (χ4v) is 2.64. The summed E-state index contributed by atoms with van der Waals surface area (Å²) < 4.78 is 11.6. The first-order chi connectivity index (χ1) is 8.58. The lowest BCUT2D eigenvalue weighted by molar-refractivity contribution is -0.0718. The van der Waals surface area contributed by atoms with Crippen LogP contribution in [0.25, 0.3) is 0 Å². The zero-order chi connectivity index (χ0) is 13.1. The van der Waals surface area contributed by atoms with Crippen LogP contribution in [0.3, 0.4) is 0 Å². The summed E-state index contributed by atoms with van der Waals surface area (Å²) in [6.07, 6.45) is 0.614. The molecule has 102 valence electrons. The highest BCUT2D eigenvalue weighted by atomic mass is 16.5. The minimum Gasteiger partial charge on any atom is -0.463 e. The van der Waals surface area contributed by atoms with Crippen LogP contribution in [0.2, 0.25) is 0 Å².